The lowest BCUT2D eigenvalue weighted by Crippen LogP contribution is -2.69. The van der Waals surface area contributed by atoms with E-state index < -0.39 is 128 Å². The third-order valence-electron chi connectivity index (χ3n) is 10.7. The minimum atomic E-state index is -1.81. The second-order valence-electron chi connectivity index (χ2n) is 14.6. The first-order valence-electron chi connectivity index (χ1n) is 18.7. The van der Waals surface area contributed by atoms with E-state index in [1.54, 1.807) is 42.5 Å². The van der Waals surface area contributed by atoms with E-state index in [0.717, 1.165) is 0 Å². The highest BCUT2D eigenvalue weighted by Crippen LogP contribution is 2.33. The Morgan fingerprint density at radius 3 is 2.16 bits per heavy atom. The van der Waals surface area contributed by atoms with E-state index in [9.17, 15) is 45.3 Å². The molecule has 2 heterocycles. The Morgan fingerprint density at radius 1 is 0.860 bits per heavy atom. The molecule has 17 atom stereocenters. The lowest BCUT2D eigenvalue weighted by atomic mass is 9.83. The molecule has 0 aromatic heterocycles. The second-order valence-corrected chi connectivity index (χ2v) is 14.6. The highest BCUT2D eigenvalue weighted by molar-refractivity contribution is 5.81. The van der Waals surface area contributed by atoms with Crippen molar-refractivity contribution < 1.29 is 73.4 Å². The molecular weight excluding hydrogens is 757 g/mol. The van der Waals surface area contributed by atoms with Gasteiger partial charge in [0.1, 0.15) is 79.6 Å². The Balaban J connectivity index is 1.31. The fourth-order valence-electron chi connectivity index (χ4n) is 7.13. The van der Waals surface area contributed by atoms with Gasteiger partial charge in [-0.2, -0.15) is 0 Å². The summed E-state index contributed by atoms with van der Waals surface area (Å²) in [5.41, 5.74) is 24.9. The molecule has 57 heavy (non-hydrogen) atoms. The molecule has 3 fully saturated rings. The van der Waals surface area contributed by atoms with E-state index in [2.05, 4.69) is 5.32 Å². The van der Waals surface area contributed by atoms with Crippen molar-refractivity contribution in [2.45, 2.75) is 124 Å². The van der Waals surface area contributed by atoms with Gasteiger partial charge in [-0.05, 0) is 43.5 Å². The molecule has 1 unspecified atom stereocenters. The Kier molecular flexibility index (Phi) is 15.4. The molecule has 16 N–H and O–H groups in total. The van der Waals surface area contributed by atoms with Crippen LogP contribution in [-0.4, -0.2) is 165 Å². The molecule has 318 valence electrons. The minimum Gasteiger partial charge on any atom is -0.462 e. The van der Waals surface area contributed by atoms with Gasteiger partial charge in [-0.1, -0.05) is 42.5 Å². The van der Waals surface area contributed by atoms with E-state index >= 15 is 4.39 Å². The van der Waals surface area contributed by atoms with Crippen LogP contribution >= 0.6 is 0 Å². The molecule has 0 spiro atoms. The first-order chi connectivity index (χ1) is 27.1. The van der Waals surface area contributed by atoms with E-state index in [-0.39, 0.29) is 25.9 Å². The second kappa shape index (κ2) is 19.6. The summed E-state index contributed by atoms with van der Waals surface area (Å²) in [4.78, 5) is 26.0. The number of nitrogens with two attached hydrogens (primary N) is 4. The number of rotatable bonds is 14. The lowest BCUT2D eigenvalue weighted by molar-refractivity contribution is -0.332. The number of nitrogens with one attached hydrogen (secondary N) is 1. The van der Waals surface area contributed by atoms with Crippen LogP contribution in [0.15, 0.2) is 48.5 Å². The predicted octanol–water partition coefficient (Wildman–Crippen LogP) is -4.26. The van der Waals surface area contributed by atoms with Crippen LogP contribution in [0.5, 0.6) is 0 Å². The SMILES string of the molecule is CC(C(=O)OC[C@H]1O[C@H](O[C@@H]2[C@@H](O)[C@H](O[C@H]3O[C@H](CN)[C@@H](O)[C@H](O)[C@H]3O)[C@@H](N)C[C@H]2NC(=O)[C@@H](O)CCN)[C@H](O)[C@@H](N)[C@@H]1O)c1ccc(-c2ccccc2)c(F)c1. The Labute approximate surface area is 327 Å². The standard InChI is InChI=1S/C37H54FN5O14/c1-15(17-7-8-18(19(38)11-17)16-5-3-2-4-6-16)35(52)53-14-24-26(45)25(42)28(47)36(55-24)57-33-21(43-34(51)22(44)9-10-39)12-20(41)32(31(33)50)56-37-30(49)29(48)27(46)23(13-40)54-37/h2-8,11,15,20-33,36-37,44-50H,9-10,12-14,39-42H2,1H3,(H,43,51)/t15?,20-,21+,22-,23+,24+,25-,26+,27+,28+,29-,30+,31-,32+,33-,36+,37+/m0/s1. The fraction of sp³-hybridized carbons (Fsp3) is 0.622. The number of ether oxygens (including phenoxy) is 5. The Morgan fingerprint density at radius 2 is 1.51 bits per heavy atom. The van der Waals surface area contributed by atoms with Gasteiger partial charge in [0.15, 0.2) is 12.6 Å². The molecule has 3 aliphatic rings. The van der Waals surface area contributed by atoms with Crippen LogP contribution < -0.4 is 28.3 Å². The molecule has 1 saturated carbocycles. The average molecular weight is 812 g/mol. The third kappa shape index (κ3) is 10.1. The van der Waals surface area contributed by atoms with Crippen LogP contribution in [-0.2, 0) is 33.3 Å². The number of amides is 1. The molecule has 19 nitrogen and oxygen atoms in total. The summed E-state index contributed by atoms with van der Waals surface area (Å²) in [7, 11) is 0. The summed E-state index contributed by atoms with van der Waals surface area (Å²) in [6, 6.07) is 9.43. The molecule has 2 aromatic rings. The zero-order chi connectivity index (χ0) is 41.7. The molecule has 1 amide bonds. The van der Waals surface area contributed by atoms with Gasteiger partial charge in [-0.25, -0.2) is 4.39 Å². The number of esters is 1. The first-order valence-corrected chi connectivity index (χ1v) is 18.7. The molecule has 5 rings (SSSR count). The van der Waals surface area contributed by atoms with Crippen molar-refractivity contribution in [2.75, 3.05) is 19.7 Å². The van der Waals surface area contributed by atoms with Gasteiger partial charge in [0.25, 0.3) is 0 Å². The quantitative estimate of drug-likeness (QED) is 0.0804. The van der Waals surface area contributed by atoms with Crippen molar-refractivity contribution in [3.8, 4) is 11.1 Å². The number of benzene rings is 2. The fourth-order valence-corrected chi connectivity index (χ4v) is 7.13. The molecular formula is C37H54FN5O14. The predicted molar refractivity (Wildman–Crippen MR) is 196 cm³/mol. The summed E-state index contributed by atoms with van der Waals surface area (Å²) in [5, 5.41) is 77.7. The summed E-state index contributed by atoms with van der Waals surface area (Å²) >= 11 is 0. The third-order valence-corrected chi connectivity index (χ3v) is 10.7. The zero-order valence-corrected chi connectivity index (χ0v) is 31.1. The average Bonchev–Trinajstić information content (AvgIpc) is 3.20. The topological polar surface area (TPSA) is 338 Å². The van der Waals surface area contributed by atoms with Crippen molar-refractivity contribution in [1.82, 2.24) is 5.32 Å². The van der Waals surface area contributed by atoms with Crippen molar-refractivity contribution in [3.05, 3.63) is 59.9 Å². The number of aliphatic hydroxyl groups excluding tert-OH is 7. The maximum Gasteiger partial charge on any atom is 0.313 e. The Hall–Kier alpha value is -3.29. The van der Waals surface area contributed by atoms with E-state index in [4.69, 9.17) is 46.6 Å². The maximum absolute atomic E-state index is 15.1. The lowest BCUT2D eigenvalue weighted by Gasteiger charge is -2.49. The summed E-state index contributed by atoms with van der Waals surface area (Å²) < 4.78 is 43.8. The van der Waals surface area contributed by atoms with Gasteiger partial charge >= 0.3 is 5.97 Å². The van der Waals surface area contributed by atoms with Crippen molar-refractivity contribution in [3.63, 3.8) is 0 Å². The highest BCUT2D eigenvalue weighted by Gasteiger charge is 2.53. The monoisotopic (exact) mass is 811 g/mol. The number of carbonyl (C=O) groups excluding carboxylic acids is 2. The number of hydrogen-bond acceptors (Lipinski definition) is 18. The summed E-state index contributed by atoms with van der Waals surface area (Å²) in [6.45, 7) is 0.601. The van der Waals surface area contributed by atoms with Gasteiger partial charge in [-0.15, -0.1) is 0 Å². The molecule has 0 bridgehead atoms. The highest BCUT2D eigenvalue weighted by atomic mass is 19.1. The summed E-state index contributed by atoms with van der Waals surface area (Å²) in [6.07, 6.45) is -21.1. The van der Waals surface area contributed by atoms with Gasteiger partial charge in [0.05, 0.1) is 18.0 Å². The first kappa shape index (κ1) is 44.8. The van der Waals surface area contributed by atoms with Gasteiger partial charge < -0.3 is 87.7 Å². The number of halogens is 1. The van der Waals surface area contributed by atoms with Gasteiger partial charge in [0.2, 0.25) is 5.91 Å². The molecule has 2 saturated heterocycles. The maximum atomic E-state index is 15.1. The van der Waals surface area contributed by atoms with E-state index in [0.29, 0.717) is 16.7 Å². The van der Waals surface area contributed by atoms with Crippen molar-refractivity contribution in [2.24, 2.45) is 22.9 Å². The van der Waals surface area contributed by atoms with Crippen LogP contribution in [0.1, 0.15) is 31.2 Å². The molecule has 2 aromatic carbocycles. The minimum absolute atomic E-state index is 0.0320. The Bertz CT molecular complexity index is 1630. The number of carbonyl (C=O) groups is 2. The van der Waals surface area contributed by atoms with Crippen LogP contribution in [0.2, 0.25) is 0 Å². The largest absolute Gasteiger partial charge is 0.462 e. The van der Waals surface area contributed by atoms with Gasteiger partial charge in [-0.3, -0.25) is 9.59 Å². The van der Waals surface area contributed by atoms with Crippen molar-refractivity contribution in [1.29, 1.82) is 0 Å². The normalized spacial score (nSPS) is 36.9. The molecule has 1 aliphatic carbocycles. The number of aliphatic hydroxyl groups is 7. The van der Waals surface area contributed by atoms with Crippen molar-refractivity contribution >= 4 is 11.9 Å². The smallest absolute Gasteiger partial charge is 0.313 e. The van der Waals surface area contributed by atoms with E-state index in [1.165, 1.54) is 13.0 Å². The van der Waals surface area contributed by atoms with Crippen LogP contribution in [0.3, 0.4) is 0 Å². The van der Waals surface area contributed by atoms with Gasteiger partial charge in [0, 0.05) is 18.2 Å². The van der Waals surface area contributed by atoms with E-state index in [1.807, 2.05) is 0 Å². The van der Waals surface area contributed by atoms with Crippen LogP contribution in [0.25, 0.3) is 11.1 Å². The van der Waals surface area contributed by atoms with Crippen LogP contribution in [0, 0.1) is 5.82 Å². The molecule has 20 heteroatoms. The number of hydrogen-bond donors (Lipinski definition) is 12. The zero-order valence-electron chi connectivity index (χ0n) is 31.1. The molecule has 2 aliphatic heterocycles. The summed E-state index contributed by atoms with van der Waals surface area (Å²) in [5.74, 6) is -3.20. The molecule has 0 radical (unpaired) electrons. The van der Waals surface area contributed by atoms with Crippen LogP contribution in [0.4, 0.5) is 4.39 Å².